The van der Waals surface area contributed by atoms with Crippen LogP contribution in [-0.4, -0.2) is 15.0 Å². The van der Waals surface area contributed by atoms with E-state index in [9.17, 15) is 0 Å². The van der Waals surface area contributed by atoms with Crippen molar-refractivity contribution in [1.82, 2.24) is 15.0 Å². The third-order valence-electron chi connectivity index (χ3n) is 4.10. The number of hydrogen-bond donors (Lipinski definition) is 2. The van der Waals surface area contributed by atoms with Gasteiger partial charge in [0.2, 0.25) is 5.95 Å². The second kappa shape index (κ2) is 6.64. The Bertz CT molecular complexity index is 1050. The van der Waals surface area contributed by atoms with Gasteiger partial charge in [-0.2, -0.15) is 9.97 Å². The number of fused-ring (bicyclic) bond motifs is 1. The molecular weight excluding hydrogens is 322 g/mol. The zero-order valence-corrected chi connectivity index (χ0v) is 14.0. The molecule has 126 valence electrons. The number of hydrogen-bond acceptors (Lipinski definition) is 5. The Balaban J connectivity index is 1.88. The molecule has 0 bridgehead atoms. The van der Waals surface area contributed by atoms with Crippen LogP contribution in [0.3, 0.4) is 0 Å². The Hall–Kier alpha value is -3.73. The molecule has 0 aliphatic heterocycles. The average Bonchev–Trinajstić information content (AvgIpc) is 2.68. The normalized spacial score (nSPS) is 10.6. The second-order valence-electron chi connectivity index (χ2n) is 5.90. The van der Waals surface area contributed by atoms with Crippen LogP contribution in [0.4, 0.5) is 11.8 Å². The summed E-state index contributed by atoms with van der Waals surface area (Å²) >= 11 is 0. The van der Waals surface area contributed by atoms with Gasteiger partial charge < -0.3 is 11.5 Å². The minimum Gasteiger partial charge on any atom is -0.383 e. The molecule has 2 aromatic heterocycles. The van der Waals surface area contributed by atoms with E-state index in [0.717, 1.165) is 22.3 Å². The van der Waals surface area contributed by atoms with Crippen LogP contribution in [0.1, 0.15) is 16.7 Å². The van der Waals surface area contributed by atoms with Crippen molar-refractivity contribution in [1.29, 1.82) is 0 Å². The monoisotopic (exact) mass is 339 g/mol. The van der Waals surface area contributed by atoms with Crippen molar-refractivity contribution in [3.05, 3.63) is 89.6 Å². The van der Waals surface area contributed by atoms with Crippen molar-refractivity contribution >= 4 is 34.4 Å². The van der Waals surface area contributed by atoms with Gasteiger partial charge in [-0.1, -0.05) is 60.7 Å². The quantitative estimate of drug-likeness (QED) is 0.593. The lowest BCUT2D eigenvalue weighted by molar-refractivity contribution is 1.20. The maximum Gasteiger partial charge on any atom is 0.224 e. The van der Waals surface area contributed by atoms with Gasteiger partial charge in [0, 0.05) is 6.20 Å². The zero-order valence-electron chi connectivity index (χ0n) is 14.0. The topological polar surface area (TPSA) is 90.7 Å². The third-order valence-corrected chi connectivity index (χ3v) is 4.10. The van der Waals surface area contributed by atoms with E-state index in [2.05, 4.69) is 45.3 Å². The van der Waals surface area contributed by atoms with Crippen molar-refractivity contribution in [3.63, 3.8) is 0 Å². The third kappa shape index (κ3) is 3.10. The molecule has 5 heteroatoms. The summed E-state index contributed by atoms with van der Waals surface area (Å²) in [4.78, 5) is 12.5. The fraction of sp³-hybridized carbons (Fsp3) is 0. The van der Waals surface area contributed by atoms with E-state index in [1.807, 2.05) is 42.5 Å². The van der Waals surface area contributed by atoms with Gasteiger partial charge in [-0.05, 0) is 34.4 Å². The highest BCUT2D eigenvalue weighted by molar-refractivity contribution is 5.94. The number of nitrogen functional groups attached to an aromatic ring is 2. The van der Waals surface area contributed by atoms with Crippen LogP contribution in [0.2, 0.25) is 0 Å². The van der Waals surface area contributed by atoms with E-state index in [1.54, 1.807) is 6.20 Å². The summed E-state index contributed by atoms with van der Waals surface area (Å²) in [6.45, 7) is 0. The maximum atomic E-state index is 5.99. The molecule has 0 amide bonds. The molecule has 0 unspecified atom stereocenters. The molecule has 2 aromatic carbocycles. The lowest BCUT2D eigenvalue weighted by atomic mass is 9.96. The number of aromatic nitrogens is 3. The van der Waals surface area contributed by atoms with Gasteiger partial charge >= 0.3 is 0 Å². The van der Waals surface area contributed by atoms with Gasteiger partial charge in [-0.3, -0.25) is 0 Å². The van der Waals surface area contributed by atoms with Gasteiger partial charge in [0.05, 0.1) is 5.39 Å². The van der Waals surface area contributed by atoms with Gasteiger partial charge in [0.15, 0.2) is 5.65 Å². The van der Waals surface area contributed by atoms with Crippen molar-refractivity contribution in [2.45, 2.75) is 0 Å². The predicted octanol–water partition coefficient (Wildman–Crippen LogP) is 3.78. The molecule has 0 saturated carbocycles. The highest BCUT2D eigenvalue weighted by atomic mass is 15.1. The van der Waals surface area contributed by atoms with Crippen molar-refractivity contribution in [2.24, 2.45) is 0 Å². The molecule has 5 nitrogen and oxygen atoms in total. The molecule has 0 aliphatic carbocycles. The van der Waals surface area contributed by atoms with E-state index in [0.29, 0.717) is 16.9 Å². The molecule has 4 N–H and O–H groups in total. The Labute approximate surface area is 151 Å². The van der Waals surface area contributed by atoms with Gasteiger partial charge in [0.25, 0.3) is 0 Å². The molecule has 26 heavy (non-hydrogen) atoms. The maximum absolute atomic E-state index is 5.99. The minimum atomic E-state index is 0.125. The number of nitrogens with zero attached hydrogens (tertiary/aromatic N) is 3. The largest absolute Gasteiger partial charge is 0.383 e. The summed E-state index contributed by atoms with van der Waals surface area (Å²) in [5, 5.41) is 0.688. The fourth-order valence-corrected chi connectivity index (χ4v) is 2.88. The first-order valence-corrected chi connectivity index (χ1v) is 8.22. The number of pyridine rings is 1. The Morgan fingerprint density at radius 2 is 1.42 bits per heavy atom. The van der Waals surface area contributed by atoms with E-state index in [1.165, 1.54) is 0 Å². The standard InChI is InChI=1S/C21H17N5/c22-19-18-12-14(13-24-20(18)26-21(23)25-19)11-17(15-7-3-1-4-8-15)16-9-5-2-6-10-16/h1-13H,(H4,22,23,24,25,26). The SMILES string of the molecule is Nc1nc(N)c2cc(C=C(c3ccccc3)c3ccccc3)cnc2n1. The van der Waals surface area contributed by atoms with Crippen LogP contribution in [0.15, 0.2) is 72.9 Å². The predicted molar refractivity (Wildman–Crippen MR) is 106 cm³/mol. The number of rotatable bonds is 3. The van der Waals surface area contributed by atoms with Gasteiger partial charge in [-0.25, -0.2) is 4.98 Å². The highest BCUT2D eigenvalue weighted by Crippen LogP contribution is 2.27. The molecule has 0 saturated heterocycles. The lowest BCUT2D eigenvalue weighted by Crippen LogP contribution is -2.01. The molecular formula is C21H17N5. The van der Waals surface area contributed by atoms with E-state index in [4.69, 9.17) is 11.5 Å². The molecule has 4 rings (SSSR count). The number of nitrogens with two attached hydrogens (primary N) is 2. The average molecular weight is 339 g/mol. The Kier molecular flexibility index (Phi) is 4.03. The van der Waals surface area contributed by atoms with Crippen LogP contribution in [-0.2, 0) is 0 Å². The van der Waals surface area contributed by atoms with E-state index < -0.39 is 0 Å². The lowest BCUT2D eigenvalue weighted by Gasteiger charge is -2.09. The van der Waals surface area contributed by atoms with Crippen molar-refractivity contribution in [3.8, 4) is 0 Å². The van der Waals surface area contributed by atoms with Crippen LogP contribution < -0.4 is 11.5 Å². The summed E-state index contributed by atoms with van der Waals surface area (Å²) in [6.07, 6.45) is 3.85. The number of anilines is 2. The molecule has 4 aromatic rings. The van der Waals surface area contributed by atoms with Crippen LogP contribution in [0.5, 0.6) is 0 Å². The molecule has 0 atom stereocenters. The molecule has 0 radical (unpaired) electrons. The first-order chi connectivity index (χ1) is 12.7. The van der Waals surface area contributed by atoms with Gasteiger partial charge in [0.1, 0.15) is 5.82 Å². The van der Waals surface area contributed by atoms with E-state index >= 15 is 0 Å². The first kappa shape index (κ1) is 15.8. The summed E-state index contributed by atoms with van der Waals surface area (Å²) in [7, 11) is 0. The van der Waals surface area contributed by atoms with Gasteiger partial charge in [-0.15, -0.1) is 0 Å². The number of benzene rings is 2. The molecule has 0 spiro atoms. The first-order valence-electron chi connectivity index (χ1n) is 8.22. The summed E-state index contributed by atoms with van der Waals surface area (Å²) in [6, 6.07) is 22.4. The van der Waals surface area contributed by atoms with Crippen LogP contribution in [0.25, 0.3) is 22.7 Å². The summed E-state index contributed by atoms with van der Waals surface area (Å²) < 4.78 is 0. The van der Waals surface area contributed by atoms with Crippen LogP contribution >= 0.6 is 0 Å². The Morgan fingerprint density at radius 1 is 0.808 bits per heavy atom. The van der Waals surface area contributed by atoms with Crippen molar-refractivity contribution < 1.29 is 0 Å². The Morgan fingerprint density at radius 3 is 2.04 bits per heavy atom. The molecule has 2 heterocycles. The van der Waals surface area contributed by atoms with Crippen LogP contribution in [0, 0.1) is 0 Å². The van der Waals surface area contributed by atoms with Crippen molar-refractivity contribution in [2.75, 3.05) is 11.5 Å². The molecule has 0 fully saturated rings. The molecule has 0 aliphatic rings. The zero-order chi connectivity index (χ0) is 17.9. The second-order valence-corrected chi connectivity index (χ2v) is 5.90. The van der Waals surface area contributed by atoms with E-state index in [-0.39, 0.29) is 5.95 Å². The summed E-state index contributed by atoms with van der Waals surface area (Å²) in [5.74, 6) is 0.455. The highest BCUT2D eigenvalue weighted by Gasteiger charge is 2.08. The summed E-state index contributed by atoms with van der Waals surface area (Å²) in [5.41, 5.74) is 16.4. The minimum absolute atomic E-state index is 0.125. The fourth-order valence-electron chi connectivity index (χ4n) is 2.88. The smallest absolute Gasteiger partial charge is 0.224 e.